The molecule has 0 aliphatic rings. The molecule has 3 heterocycles. The van der Waals surface area contributed by atoms with Gasteiger partial charge in [0.25, 0.3) is 0 Å². The van der Waals surface area contributed by atoms with Crippen LogP contribution in [0.5, 0.6) is 5.75 Å². The van der Waals surface area contributed by atoms with Crippen molar-refractivity contribution in [1.82, 2.24) is 14.8 Å². The molecule has 0 aliphatic heterocycles. The lowest BCUT2D eigenvalue weighted by Gasteiger charge is -2.10. The van der Waals surface area contributed by atoms with Gasteiger partial charge in [-0.3, -0.25) is 4.68 Å². The zero-order valence-electron chi connectivity index (χ0n) is 14.4. The van der Waals surface area contributed by atoms with E-state index in [9.17, 15) is 0 Å². The van der Waals surface area contributed by atoms with E-state index in [-0.39, 0.29) is 6.10 Å². The van der Waals surface area contributed by atoms with Crippen molar-refractivity contribution < 1.29 is 9.15 Å². The summed E-state index contributed by atoms with van der Waals surface area (Å²) < 4.78 is 13.3. The first-order valence-electron chi connectivity index (χ1n) is 8.24. The van der Waals surface area contributed by atoms with E-state index in [0.29, 0.717) is 0 Å². The predicted molar refractivity (Wildman–Crippen MR) is 97.4 cm³/mol. The number of benzene rings is 1. The summed E-state index contributed by atoms with van der Waals surface area (Å²) in [6, 6.07) is 11.9. The second-order valence-electron chi connectivity index (χ2n) is 6.29. The van der Waals surface area contributed by atoms with Crippen molar-refractivity contribution in [3.63, 3.8) is 0 Å². The molecule has 0 bridgehead atoms. The molecule has 4 aromatic rings. The van der Waals surface area contributed by atoms with Crippen LogP contribution in [0.1, 0.15) is 13.8 Å². The molecule has 0 unspecified atom stereocenters. The minimum Gasteiger partial charge on any atom is -0.491 e. The molecule has 126 valence electrons. The average Bonchev–Trinajstić information content (AvgIpc) is 3.20. The summed E-state index contributed by atoms with van der Waals surface area (Å²) in [5.74, 6) is 0.838. The van der Waals surface area contributed by atoms with Crippen molar-refractivity contribution in [3.8, 4) is 28.1 Å². The normalized spacial score (nSPS) is 11.4. The maximum atomic E-state index is 5.80. The van der Waals surface area contributed by atoms with Crippen LogP contribution in [0.25, 0.3) is 33.5 Å². The lowest BCUT2D eigenvalue weighted by molar-refractivity contribution is 0.242. The number of hydrogen-bond donors (Lipinski definition) is 0. The third-order valence-corrected chi connectivity index (χ3v) is 3.93. The first kappa shape index (κ1) is 15.4. The van der Waals surface area contributed by atoms with Gasteiger partial charge in [0.1, 0.15) is 17.5 Å². The third kappa shape index (κ3) is 3.01. The highest BCUT2D eigenvalue weighted by molar-refractivity contribution is 5.92. The predicted octanol–water partition coefficient (Wildman–Crippen LogP) is 4.68. The van der Waals surface area contributed by atoms with Crippen molar-refractivity contribution in [1.29, 1.82) is 0 Å². The van der Waals surface area contributed by atoms with Gasteiger partial charge in [-0.25, -0.2) is 4.98 Å². The van der Waals surface area contributed by atoms with E-state index in [2.05, 4.69) is 5.10 Å². The molecule has 0 aliphatic carbocycles. The molecule has 0 amide bonds. The molecule has 3 aromatic heterocycles. The molecule has 5 heteroatoms. The van der Waals surface area contributed by atoms with Gasteiger partial charge in [-0.05, 0) is 43.7 Å². The summed E-state index contributed by atoms with van der Waals surface area (Å²) >= 11 is 0. The number of aromatic nitrogens is 3. The fraction of sp³-hybridized carbons (Fsp3) is 0.200. The Bertz CT molecular complexity index is 1030. The first-order valence-corrected chi connectivity index (χ1v) is 8.24. The maximum absolute atomic E-state index is 5.80. The zero-order valence-corrected chi connectivity index (χ0v) is 14.4. The summed E-state index contributed by atoms with van der Waals surface area (Å²) in [4.78, 5) is 4.80. The van der Waals surface area contributed by atoms with Crippen molar-refractivity contribution in [3.05, 3.63) is 55.1 Å². The van der Waals surface area contributed by atoms with Crippen molar-refractivity contribution >= 4 is 11.1 Å². The van der Waals surface area contributed by atoms with E-state index in [1.165, 1.54) is 0 Å². The third-order valence-electron chi connectivity index (χ3n) is 3.93. The Labute approximate surface area is 145 Å². The highest BCUT2D eigenvalue weighted by atomic mass is 16.5. The molecule has 1 aromatic carbocycles. The topological polar surface area (TPSA) is 53.1 Å². The van der Waals surface area contributed by atoms with Gasteiger partial charge < -0.3 is 9.15 Å². The molecule has 25 heavy (non-hydrogen) atoms. The summed E-state index contributed by atoms with van der Waals surface area (Å²) in [5.41, 5.74) is 5.43. The smallest absolute Gasteiger partial charge is 0.153 e. The summed E-state index contributed by atoms with van der Waals surface area (Å²) in [7, 11) is 1.89. The summed E-state index contributed by atoms with van der Waals surface area (Å²) in [6.45, 7) is 4.03. The highest BCUT2D eigenvalue weighted by Crippen LogP contribution is 2.33. The van der Waals surface area contributed by atoms with Gasteiger partial charge >= 0.3 is 0 Å². The van der Waals surface area contributed by atoms with E-state index >= 15 is 0 Å². The van der Waals surface area contributed by atoms with Crippen LogP contribution in [0.2, 0.25) is 0 Å². The highest BCUT2D eigenvalue weighted by Gasteiger charge is 2.13. The van der Waals surface area contributed by atoms with Gasteiger partial charge in [-0.2, -0.15) is 5.10 Å². The number of rotatable bonds is 4. The van der Waals surface area contributed by atoms with Gasteiger partial charge in [0.15, 0.2) is 5.58 Å². The Balaban J connectivity index is 1.80. The van der Waals surface area contributed by atoms with Gasteiger partial charge in [-0.1, -0.05) is 12.1 Å². The molecule has 0 radical (unpaired) electrons. The standard InChI is InChI=1S/C20H19N3O2/c1-13(2)25-16-6-4-5-14(9-16)17-12-24-19-8-7-18(22-20(17)19)15-10-21-23(3)11-15/h4-13H,1-3H3. The number of ether oxygens (including phenoxy) is 1. The lowest BCUT2D eigenvalue weighted by atomic mass is 10.1. The molecule has 0 fully saturated rings. The molecule has 4 rings (SSSR count). The molecule has 5 nitrogen and oxygen atoms in total. The summed E-state index contributed by atoms with van der Waals surface area (Å²) in [6.07, 6.45) is 5.64. The number of hydrogen-bond acceptors (Lipinski definition) is 4. The van der Waals surface area contributed by atoms with E-state index in [1.54, 1.807) is 10.9 Å². The molecule has 0 spiro atoms. The van der Waals surface area contributed by atoms with Crippen LogP contribution in [-0.4, -0.2) is 20.9 Å². The van der Waals surface area contributed by atoms with Crippen LogP contribution in [-0.2, 0) is 7.05 Å². The second kappa shape index (κ2) is 6.09. The number of fused-ring (bicyclic) bond motifs is 1. The number of pyridine rings is 1. The number of aryl methyl sites for hydroxylation is 1. The van der Waals surface area contributed by atoms with E-state index in [1.807, 2.05) is 69.7 Å². The Hall–Kier alpha value is -3.08. The van der Waals surface area contributed by atoms with E-state index < -0.39 is 0 Å². The van der Waals surface area contributed by atoms with Crippen LogP contribution in [0, 0.1) is 0 Å². The molecular weight excluding hydrogens is 314 g/mol. The fourth-order valence-electron chi connectivity index (χ4n) is 2.84. The molecule has 0 atom stereocenters. The SMILES string of the molecule is CC(C)Oc1cccc(-c2coc3ccc(-c4cnn(C)c4)nc23)c1. The second-order valence-corrected chi connectivity index (χ2v) is 6.29. The van der Waals surface area contributed by atoms with Crippen LogP contribution in [0.3, 0.4) is 0 Å². The Morgan fingerprint density at radius 3 is 2.76 bits per heavy atom. The maximum Gasteiger partial charge on any atom is 0.153 e. The lowest BCUT2D eigenvalue weighted by Crippen LogP contribution is -2.05. The Morgan fingerprint density at radius 1 is 1.12 bits per heavy atom. The average molecular weight is 333 g/mol. The number of furan rings is 1. The van der Waals surface area contributed by atoms with Crippen molar-refractivity contribution in [2.24, 2.45) is 7.05 Å². The monoisotopic (exact) mass is 333 g/mol. The van der Waals surface area contributed by atoms with Crippen LogP contribution >= 0.6 is 0 Å². The van der Waals surface area contributed by atoms with Crippen molar-refractivity contribution in [2.45, 2.75) is 20.0 Å². The minimum atomic E-state index is 0.131. The quantitative estimate of drug-likeness (QED) is 0.544. The van der Waals surface area contributed by atoms with E-state index in [0.717, 1.165) is 39.2 Å². The Morgan fingerprint density at radius 2 is 2.00 bits per heavy atom. The van der Waals surface area contributed by atoms with E-state index in [4.69, 9.17) is 14.1 Å². The molecule has 0 N–H and O–H groups in total. The van der Waals surface area contributed by atoms with Crippen molar-refractivity contribution in [2.75, 3.05) is 0 Å². The van der Waals surface area contributed by atoms with Crippen LogP contribution in [0.15, 0.2) is 59.5 Å². The van der Waals surface area contributed by atoms with Crippen LogP contribution < -0.4 is 4.74 Å². The summed E-state index contributed by atoms with van der Waals surface area (Å²) in [5, 5.41) is 4.22. The van der Waals surface area contributed by atoms with Gasteiger partial charge in [-0.15, -0.1) is 0 Å². The molecule has 0 saturated carbocycles. The molecular formula is C20H19N3O2. The van der Waals surface area contributed by atoms with Gasteiger partial charge in [0.2, 0.25) is 0 Å². The van der Waals surface area contributed by atoms with Gasteiger partial charge in [0, 0.05) is 24.4 Å². The molecule has 0 saturated heterocycles. The number of nitrogens with zero attached hydrogens (tertiary/aromatic N) is 3. The minimum absolute atomic E-state index is 0.131. The first-order chi connectivity index (χ1) is 12.1. The largest absolute Gasteiger partial charge is 0.491 e. The van der Waals surface area contributed by atoms with Gasteiger partial charge in [0.05, 0.1) is 18.0 Å². The van der Waals surface area contributed by atoms with Crippen LogP contribution in [0.4, 0.5) is 0 Å². The fourth-order valence-corrected chi connectivity index (χ4v) is 2.84. The zero-order chi connectivity index (χ0) is 17.4. The Kier molecular flexibility index (Phi) is 3.76.